The van der Waals surface area contributed by atoms with E-state index in [1.807, 2.05) is 0 Å². The molecule has 0 bridgehead atoms. The number of ether oxygens (including phenoxy) is 3. The third kappa shape index (κ3) is 3.72. The van der Waals surface area contributed by atoms with Crippen molar-refractivity contribution in [1.82, 2.24) is 0 Å². The fourth-order valence-corrected chi connectivity index (χ4v) is 9.73. The second kappa shape index (κ2) is 9.35. The van der Waals surface area contributed by atoms with Crippen molar-refractivity contribution in [2.24, 2.45) is 34.5 Å². The highest BCUT2D eigenvalue weighted by atomic mass is 16.7. The first-order valence-electron chi connectivity index (χ1n) is 14.4. The molecule has 13 atom stereocenters. The minimum atomic E-state index is -1.34. The Morgan fingerprint density at radius 1 is 1.00 bits per heavy atom. The molecule has 5 fully saturated rings. The first-order valence-corrected chi connectivity index (χ1v) is 14.4. The number of aliphatic hydroxyl groups excluding tert-OH is 3. The van der Waals surface area contributed by atoms with Crippen LogP contribution in [0, 0.1) is 34.5 Å². The summed E-state index contributed by atoms with van der Waals surface area (Å²) in [6.45, 7) is 4.13. The number of rotatable bonds is 4. The summed E-state index contributed by atoms with van der Waals surface area (Å²) in [6.07, 6.45) is 3.80. The molecule has 0 amide bonds. The summed E-state index contributed by atoms with van der Waals surface area (Å²) in [5.41, 5.74) is -0.739. The van der Waals surface area contributed by atoms with Crippen LogP contribution < -0.4 is 0 Å². The van der Waals surface area contributed by atoms with E-state index >= 15 is 0 Å². The number of fused-ring (bicyclic) bond motifs is 5. The third-order valence-corrected chi connectivity index (χ3v) is 11.9. The predicted molar refractivity (Wildman–Crippen MR) is 133 cm³/mol. The number of esters is 1. The van der Waals surface area contributed by atoms with Crippen LogP contribution in [-0.4, -0.2) is 81.7 Å². The molecule has 2 heterocycles. The number of carbonyl (C=O) groups is 2. The summed E-state index contributed by atoms with van der Waals surface area (Å²) in [5, 5.41) is 42.9. The minimum Gasteiger partial charge on any atom is -0.458 e. The van der Waals surface area contributed by atoms with Gasteiger partial charge in [-0.3, -0.25) is 0 Å². The van der Waals surface area contributed by atoms with Gasteiger partial charge in [-0.2, -0.15) is 0 Å². The Morgan fingerprint density at radius 3 is 2.50 bits per heavy atom. The van der Waals surface area contributed by atoms with Crippen LogP contribution in [0.5, 0.6) is 0 Å². The standard InChI is InChI=1S/C29H42O9/c1-15-23(32)24(33)25(34)26(37-15)38-18-5-9-28(14-30)17(12-18)3-4-21-20(28)6-8-27(2)19(7-10-29(21,27)35)16-11-22(31)36-13-16/h11,14-15,17-21,23-26,32-35H,3-10,12-13H2,1-2H3/t15-,17+,18-,19+,20-,21+,23-,24-,25-,26-,27+,28+,29-/m0/s1. The van der Waals surface area contributed by atoms with Crippen LogP contribution in [0.2, 0.25) is 0 Å². The van der Waals surface area contributed by atoms with E-state index in [0.29, 0.717) is 32.3 Å². The Kier molecular flexibility index (Phi) is 6.60. The van der Waals surface area contributed by atoms with Crippen molar-refractivity contribution in [2.75, 3.05) is 6.61 Å². The summed E-state index contributed by atoms with van der Waals surface area (Å²) < 4.78 is 17.0. The van der Waals surface area contributed by atoms with Gasteiger partial charge in [0.25, 0.3) is 0 Å². The summed E-state index contributed by atoms with van der Waals surface area (Å²) >= 11 is 0. The van der Waals surface area contributed by atoms with Crippen molar-refractivity contribution in [2.45, 2.75) is 114 Å². The van der Waals surface area contributed by atoms with Crippen LogP contribution in [0.4, 0.5) is 0 Å². The van der Waals surface area contributed by atoms with E-state index in [-0.39, 0.29) is 41.2 Å². The zero-order valence-corrected chi connectivity index (χ0v) is 22.3. The molecular formula is C29H42O9. The van der Waals surface area contributed by atoms with Gasteiger partial charge in [-0.1, -0.05) is 6.92 Å². The molecule has 9 heteroatoms. The van der Waals surface area contributed by atoms with Crippen molar-refractivity contribution in [3.63, 3.8) is 0 Å². The van der Waals surface area contributed by atoms with Gasteiger partial charge in [0, 0.05) is 16.9 Å². The maximum Gasteiger partial charge on any atom is 0.331 e. The van der Waals surface area contributed by atoms with Crippen molar-refractivity contribution in [3.05, 3.63) is 11.6 Å². The molecule has 0 aromatic rings. The summed E-state index contributed by atoms with van der Waals surface area (Å²) in [6, 6.07) is 0. The zero-order valence-electron chi connectivity index (χ0n) is 22.3. The monoisotopic (exact) mass is 534 g/mol. The van der Waals surface area contributed by atoms with Gasteiger partial charge in [-0.05, 0) is 94.0 Å². The lowest BCUT2D eigenvalue weighted by atomic mass is 9.43. The van der Waals surface area contributed by atoms with Gasteiger partial charge in [-0.15, -0.1) is 0 Å². The van der Waals surface area contributed by atoms with Crippen LogP contribution in [-0.2, 0) is 23.8 Å². The summed E-state index contributed by atoms with van der Waals surface area (Å²) in [4.78, 5) is 24.7. The molecular weight excluding hydrogens is 492 g/mol. The molecule has 9 nitrogen and oxygen atoms in total. The third-order valence-electron chi connectivity index (χ3n) is 11.9. The SMILES string of the molecule is C[C@@H]1O[C@@H](O[C@H]2CC[C@@]3(C=O)[C@H](CC[C@@H]4[C@@H]3CC[C@]3(C)[C@@H](C5=CC(=O)OC5)CC[C@]43O)C2)[C@@H](O)[C@@H](O)[C@H]1O. The van der Waals surface area contributed by atoms with Gasteiger partial charge in [-0.25, -0.2) is 4.79 Å². The van der Waals surface area contributed by atoms with Gasteiger partial charge >= 0.3 is 5.97 Å². The summed E-state index contributed by atoms with van der Waals surface area (Å²) in [7, 11) is 0. The second-order valence-electron chi connectivity index (χ2n) is 13.2. The maximum absolute atomic E-state index is 12.9. The lowest BCUT2D eigenvalue weighted by Crippen LogP contribution is -2.63. The number of hydrogen-bond acceptors (Lipinski definition) is 9. The maximum atomic E-state index is 12.9. The number of carbonyl (C=O) groups excluding carboxylic acids is 2. The molecule has 6 rings (SSSR count). The van der Waals surface area contributed by atoms with E-state index in [1.54, 1.807) is 13.0 Å². The molecule has 4 N–H and O–H groups in total. The Balaban J connectivity index is 1.19. The van der Waals surface area contributed by atoms with Crippen LogP contribution in [0.1, 0.15) is 71.6 Å². The van der Waals surface area contributed by atoms with E-state index in [2.05, 4.69) is 6.92 Å². The van der Waals surface area contributed by atoms with Crippen LogP contribution in [0.25, 0.3) is 0 Å². The smallest absolute Gasteiger partial charge is 0.331 e. The molecule has 2 aliphatic heterocycles. The van der Waals surface area contributed by atoms with E-state index < -0.39 is 41.7 Å². The van der Waals surface area contributed by atoms with Crippen molar-refractivity contribution in [1.29, 1.82) is 0 Å². The minimum absolute atomic E-state index is 0.0322. The average molecular weight is 535 g/mol. The highest BCUT2D eigenvalue weighted by Gasteiger charge is 2.68. The zero-order chi connectivity index (χ0) is 27.0. The van der Waals surface area contributed by atoms with Gasteiger partial charge in [0.05, 0.1) is 17.8 Å². The van der Waals surface area contributed by atoms with Crippen LogP contribution in [0.15, 0.2) is 11.6 Å². The van der Waals surface area contributed by atoms with Crippen LogP contribution >= 0.6 is 0 Å². The average Bonchev–Trinajstić information content (AvgIpc) is 3.45. The number of hydrogen-bond donors (Lipinski definition) is 4. The van der Waals surface area contributed by atoms with Gasteiger partial charge in [0.1, 0.15) is 31.2 Å². The lowest BCUT2D eigenvalue weighted by molar-refractivity contribution is -0.309. The molecule has 6 aliphatic rings. The quantitative estimate of drug-likeness (QED) is 0.240. The number of aliphatic hydroxyl groups is 4. The van der Waals surface area contributed by atoms with E-state index in [4.69, 9.17) is 14.2 Å². The van der Waals surface area contributed by atoms with E-state index in [1.165, 1.54) is 6.29 Å². The molecule has 0 spiro atoms. The molecule has 0 unspecified atom stereocenters. The Bertz CT molecular complexity index is 999. The Morgan fingerprint density at radius 2 is 1.79 bits per heavy atom. The Labute approximate surface area is 223 Å². The molecule has 0 aromatic heterocycles. The summed E-state index contributed by atoms with van der Waals surface area (Å²) in [5.74, 6) is 0.0678. The first-order chi connectivity index (χ1) is 18.0. The second-order valence-corrected chi connectivity index (χ2v) is 13.2. The number of aldehydes is 1. The molecule has 1 saturated heterocycles. The molecule has 38 heavy (non-hydrogen) atoms. The number of cyclic esters (lactones) is 1. The lowest BCUT2D eigenvalue weighted by Gasteiger charge is -2.63. The molecule has 4 saturated carbocycles. The molecule has 4 aliphatic carbocycles. The largest absolute Gasteiger partial charge is 0.458 e. The predicted octanol–water partition coefficient (Wildman–Crippen LogP) is 1.64. The molecule has 0 radical (unpaired) electrons. The van der Waals surface area contributed by atoms with Crippen molar-refractivity contribution in [3.8, 4) is 0 Å². The van der Waals surface area contributed by atoms with Crippen molar-refractivity contribution < 1.29 is 44.2 Å². The van der Waals surface area contributed by atoms with Gasteiger partial charge < -0.3 is 39.4 Å². The fourth-order valence-electron chi connectivity index (χ4n) is 9.73. The molecule has 212 valence electrons. The Hall–Kier alpha value is -1.36. The van der Waals surface area contributed by atoms with Gasteiger partial charge in [0.15, 0.2) is 6.29 Å². The topological polar surface area (TPSA) is 143 Å². The van der Waals surface area contributed by atoms with Crippen molar-refractivity contribution >= 4 is 12.3 Å². The normalized spacial score (nSPS) is 54.4. The molecule has 0 aromatic carbocycles. The fraction of sp³-hybridized carbons (Fsp3) is 0.862. The van der Waals surface area contributed by atoms with Gasteiger partial charge in [0.2, 0.25) is 0 Å². The highest BCUT2D eigenvalue weighted by Crippen LogP contribution is 2.69. The first kappa shape index (κ1) is 26.8. The van der Waals surface area contributed by atoms with Crippen LogP contribution in [0.3, 0.4) is 0 Å². The van der Waals surface area contributed by atoms with E-state index in [0.717, 1.165) is 37.7 Å². The van der Waals surface area contributed by atoms with E-state index in [9.17, 15) is 30.0 Å². The highest BCUT2D eigenvalue weighted by molar-refractivity contribution is 5.85.